The summed E-state index contributed by atoms with van der Waals surface area (Å²) in [7, 11) is 0. The predicted octanol–water partition coefficient (Wildman–Crippen LogP) is 3.76. The molecule has 0 radical (unpaired) electrons. The summed E-state index contributed by atoms with van der Waals surface area (Å²) in [5, 5.41) is 3.75. The van der Waals surface area contributed by atoms with E-state index in [1.807, 2.05) is 0 Å². The van der Waals surface area contributed by atoms with Crippen LogP contribution in [0.4, 0.5) is 5.69 Å². The highest BCUT2D eigenvalue weighted by molar-refractivity contribution is 5.56. The summed E-state index contributed by atoms with van der Waals surface area (Å²) in [6, 6.07) is 9.42. The molecule has 1 N–H and O–H groups in total. The van der Waals surface area contributed by atoms with Crippen molar-refractivity contribution < 1.29 is 4.74 Å². The zero-order valence-corrected chi connectivity index (χ0v) is 11.5. The highest BCUT2D eigenvalue weighted by Crippen LogP contribution is 2.44. The molecule has 2 atom stereocenters. The zero-order valence-electron chi connectivity index (χ0n) is 11.5. The summed E-state index contributed by atoms with van der Waals surface area (Å²) >= 11 is 0. The van der Waals surface area contributed by atoms with Gasteiger partial charge in [-0.15, -0.1) is 0 Å². The molecule has 4 rings (SSSR count). The van der Waals surface area contributed by atoms with E-state index in [2.05, 4.69) is 29.6 Å². The quantitative estimate of drug-likeness (QED) is 0.827. The second-order valence-corrected chi connectivity index (χ2v) is 6.60. The number of fused-ring (bicyclic) bond motifs is 1. The van der Waals surface area contributed by atoms with E-state index in [1.54, 1.807) is 0 Å². The SMILES string of the molecule is c1ccc2c(c1)CC(C1CCOC3(CCCC3)C1)N2. The van der Waals surface area contributed by atoms with Gasteiger partial charge in [-0.05, 0) is 49.7 Å². The number of nitrogens with one attached hydrogen (secondary N) is 1. The number of rotatable bonds is 1. The summed E-state index contributed by atoms with van der Waals surface area (Å²) < 4.78 is 6.17. The van der Waals surface area contributed by atoms with Crippen molar-refractivity contribution >= 4 is 5.69 Å². The molecule has 1 aliphatic carbocycles. The molecule has 2 unspecified atom stereocenters. The van der Waals surface area contributed by atoms with Gasteiger partial charge in [0, 0.05) is 18.3 Å². The van der Waals surface area contributed by atoms with Gasteiger partial charge < -0.3 is 10.1 Å². The van der Waals surface area contributed by atoms with Crippen molar-refractivity contribution in [2.45, 2.75) is 56.6 Å². The first kappa shape index (κ1) is 11.8. The molecule has 0 aromatic heterocycles. The monoisotopic (exact) mass is 257 g/mol. The van der Waals surface area contributed by atoms with Crippen molar-refractivity contribution in [3.8, 4) is 0 Å². The van der Waals surface area contributed by atoms with Crippen LogP contribution in [0.25, 0.3) is 0 Å². The van der Waals surface area contributed by atoms with Gasteiger partial charge in [0.2, 0.25) is 0 Å². The molecule has 1 aromatic rings. The number of ether oxygens (including phenoxy) is 1. The first-order chi connectivity index (χ1) is 9.35. The maximum atomic E-state index is 6.17. The van der Waals surface area contributed by atoms with Gasteiger partial charge >= 0.3 is 0 Å². The lowest BCUT2D eigenvalue weighted by molar-refractivity contribution is -0.0948. The zero-order chi connectivity index (χ0) is 12.7. The summed E-state index contributed by atoms with van der Waals surface area (Å²) in [4.78, 5) is 0. The van der Waals surface area contributed by atoms with E-state index in [4.69, 9.17) is 4.74 Å². The van der Waals surface area contributed by atoms with Crippen molar-refractivity contribution in [3.05, 3.63) is 29.8 Å². The van der Waals surface area contributed by atoms with E-state index in [9.17, 15) is 0 Å². The number of para-hydroxylation sites is 1. The molecule has 1 aromatic carbocycles. The van der Waals surface area contributed by atoms with E-state index in [0.717, 1.165) is 12.5 Å². The number of hydrogen-bond donors (Lipinski definition) is 1. The molecular weight excluding hydrogens is 234 g/mol. The number of hydrogen-bond acceptors (Lipinski definition) is 2. The smallest absolute Gasteiger partial charge is 0.0686 e. The minimum absolute atomic E-state index is 0.249. The third-order valence-corrected chi connectivity index (χ3v) is 5.41. The molecule has 1 spiro atoms. The normalized spacial score (nSPS) is 32.2. The minimum Gasteiger partial charge on any atom is -0.381 e. The molecule has 2 nitrogen and oxygen atoms in total. The molecule has 1 saturated carbocycles. The fourth-order valence-corrected chi connectivity index (χ4v) is 4.39. The first-order valence-corrected chi connectivity index (χ1v) is 7.83. The Labute approximate surface area is 115 Å². The van der Waals surface area contributed by atoms with Crippen LogP contribution in [-0.2, 0) is 11.2 Å². The van der Waals surface area contributed by atoms with Crippen LogP contribution in [0.2, 0.25) is 0 Å². The van der Waals surface area contributed by atoms with Crippen LogP contribution in [0.15, 0.2) is 24.3 Å². The molecule has 1 saturated heterocycles. The van der Waals surface area contributed by atoms with E-state index in [-0.39, 0.29) is 5.60 Å². The molecule has 0 amide bonds. The van der Waals surface area contributed by atoms with Crippen molar-refractivity contribution in [2.24, 2.45) is 5.92 Å². The largest absolute Gasteiger partial charge is 0.381 e. The van der Waals surface area contributed by atoms with Gasteiger partial charge in [-0.1, -0.05) is 31.0 Å². The Kier molecular flexibility index (Phi) is 2.80. The molecule has 2 heteroatoms. The third kappa shape index (κ3) is 2.06. The van der Waals surface area contributed by atoms with Crippen LogP contribution < -0.4 is 5.32 Å². The molecule has 2 heterocycles. The number of anilines is 1. The summed E-state index contributed by atoms with van der Waals surface area (Å²) in [5.41, 5.74) is 3.11. The lowest BCUT2D eigenvalue weighted by Gasteiger charge is -2.40. The van der Waals surface area contributed by atoms with E-state index >= 15 is 0 Å². The van der Waals surface area contributed by atoms with Gasteiger partial charge in [-0.2, -0.15) is 0 Å². The lowest BCUT2D eigenvalue weighted by Crippen LogP contribution is -2.42. The topological polar surface area (TPSA) is 21.3 Å². The molecule has 2 fully saturated rings. The summed E-state index contributed by atoms with van der Waals surface area (Å²) in [6.45, 7) is 0.971. The second-order valence-electron chi connectivity index (χ2n) is 6.60. The Morgan fingerprint density at radius 3 is 2.84 bits per heavy atom. The fraction of sp³-hybridized carbons (Fsp3) is 0.647. The molecule has 2 aliphatic heterocycles. The first-order valence-electron chi connectivity index (χ1n) is 7.83. The summed E-state index contributed by atoms with van der Waals surface area (Å²) in [5.74, 6) is 0.791. The molecule has 0 bridgehead atoms. The maximum Gasteiger partial charge on any atom is 0.0686 e. The molecular formula is C17H23NO. The number of benzene rings is 1. The van der Waals surface area contributed by atoms with Crippen LogP contribution in [0.3, 0.4) is 0 Å². The van der Waals surface area contributed by atoms with Gasteiger partial charge in [-0.3, -0.25) is 0 Å². The second kappa shape index (κ2) is 4.52. The molecule has 19 heavy (non-hydrogen) atoms. The van der Waals surface area contributed by atoms with Crippen molar-refractivity contribution in [1.82, 2.24) is 0 Å². The average Bonchev–Trinajstić information content (AvgIpc) is 3.05. The van der Waals surface area contributed by atoms with Gasteiger partial charge in [0.05, 0.1) is 5.60 Å². The lowest BCUT2D eigenvalue weighted by atomic mass is 9.80. The van der Waals surface area contributed by atoms with Crippen molar-refractivity contribution in [3.63, 3.8) is 0 Å². The Bertz CT molecular complexity index is 439. The van der Waals surface area contributed by atoms with Crippen LogP contribution in [0.1, 0.15) is 44.1 Å². The van der Waals surface area contributed by atoms with E-state index < -0.39 is 0 Å². The van der Waals surface area contributed by atoms with Crippen LogP contribution in [-0.4, -0.2) is 18.2 Å². The predicted molar refractivity (Wildman–Crippen MR) is 77.4 cm³/mol. The molecule has 102 valence electrons. The summed E-state index contributed by atoms with van der Waals surface area (Å²) in [6.07, 6.45) is 9.03. The Morgan fingerprint density at radius 1 is 1.16 bits per heavy atom. The van der Waals surface area contributed by atoms with Gasteiger partial charge in [0.15, 0.2) is 0 Å². The van der Waals surface area contributed by atoms with Crippen molar-refractivity contribution in [2.75, 3.05) is 11.9 Å². The van der Waals surface area contributed by atoms with E-state index in [1.165, 1.54) is 56.2 Å². The van der Waals surface area contributed by atoms with Gasteiger partial charge in [-0.25, -0.2) is 0 Å². The third-order valence-electron chi connectivity index (χ3n) is 5.41. The Morgan fingerprint density at radius 2 is 2.00 bits per heavy atom. The van der Waals surface area contributed by atoms with Crippen LogP contribution in [0, 0.1) is 5.92 Å². The maximum absolute atomic E-state index is 6.17. The van der Waals surface area contributed by atoms with Gasteiger partial charge in [0.1, 0.15) is 0 Å². The van der Waals surface area contributed by atoms with Crippen LogP contribution >= 0.6 is 0 Å². The standard InChI is InChI=1S/C17H23NO/c1-2-6-15-13(5-1)11-16(18-15)14-7-10-19-17(12-14)8-3-4-9-17/h1-2,5-6,14,16,18H,3-4,7-12H2. The molecule has 3 aliphatic rings. The Balaban J connectivity index is 1.49. The van der Waals surface area contributed by atoms with E-state index in [0.29, 0.717) is 6.04 Å². The Hall–Kier alpha value is -1.02. The minimum atomic E-state index is 0.249. The van der Waals surface area contributed by atoms with Crippen LogP contribution in [0.5, 0.6) is 0 Å². The highest BCUT2D eigenvalue weighted by atomic mass is 16.5. The van der Waals surface area contributed by atoms with Crippen molar-refractivity contribution in [1.29, 1.82) is 0 Å². The fourth-order valence-electron chi connectivity index (χ4n) is 4.39. The average molecular weight is 257 g/mol. The van der Waals surface area contributed by atoms with Gasteiger partial charge in [0.25, 0.3) is 0 Å². The highest BCUT2D eigenvalue weighted by Gasteiger charge is 2.42.